The number of anilines is 1. The van der Waals surface area contributed by atoms with Gasteiger partial charge in [-0.05, 0) is 85.6 Å². The summed E-state index contributed by atoms with van der Waals surface area (Å²) in [6, 6.07) is 15.9. The minimum atomic E-state index is -0.548. The Morgan fingerprint density at radius 1 is 1.05 bits per heavy atom. The quantitative estimate of drug-likeness (QED) is 0.269. The van der Waals surface area contributed by atoms with Gasteiger partial charge in [0, 0.05) is 22.3 Å². The van der Waals surface area contributed by atoms with Crippen LogP contribution >= 0.6 is 55.2 Å². The van der Waals surface area contributed by atoms with Crippen molar-refractivity contribution >= 4 is 84.0 Å². The third-order valence-corrected chi connectivity index (χ3v) is 8.10. The van der Waals surface area contributed by atoms with E-state index < -0.39 is 23.6 Å². The highest BCUT2D eigenvalue weighted by Gasteiger charge is 2.36. The molecule has 2 aliphatic rings. The molecule has 39 heavy (non-hydrogen) atoms. The average Bonchev–Trinajstić information content (AvgIpc) is 3.16. The molecule has 0 atom stereocenters. The number of benzene rings is 3. The number of carbonyl (C=O) groups excluding carboxylic acids is 3. The lowest BCUT2D eigenvalue weighted by atomic mass is 10.2. The van der Waals surface area contributed by atoms with E-state index in [1.54, 1.807) is 42.5 Å². The molecule has 2 aliphatic heterocycles. The molecule has 0 spiro atoms. The highest BCUT2D eigenvalue weighted by atomic mass is 79.9. The number of nitrogens with zero attached hydrogens (tertiary/aromatic N) is 1. The Labute approximate surface area is 249 Å². The first-order chi connectivity index (χ1) is 18.8. The zero-order valence-corrected chi connectivity index (χ0v) is 24.8. The summed E-state index contributed by atoms with van der Waals surface area (Å²) in [6.45, 7) is 0.724. The van der Waals surface area contributed by atoms with E-state index in [1.807, 2.05) is 18.2 Å². The average molecular weight is 695 g/mol. The van der Waals surface area contributed by atoms with E-state index >= 15 is 0 Å². The molecule has 1 saturated heterocycles. The van der Waals surface area contributed by atoms with E-state index in [9.17, 15) is 14.4 Å². The number of nitrogens with one attached hydrogen (secondary N) is 1. The number of thioether (sulfide) groups is 1. The van der Waals surface area contributed by atoms with Crippen molar-refractivity contribution in [3.05, 3.63) is 84.6 Å². The Bertz CT molecular complexity index is 1490. The van der Waals surface area contributed by atoms with E-state index in [0.29, 0.717) is 55.7 Å². The fourth-order valence-electron chi connectivity index (χ4n) is 3.82. The van der Waals surface area contributed by atoms with Gasteiger partial charge in [0.2, 0.25) is 5.91 Å². The summed E-state index contributed by atoms with van der Waals surface area (Å²) in [6.07, 6.45) is 1.59. The van der Waals surface area contributed by atoms with Gasteiger partial charge in [-0.2, -0.15) is 0 Å². The maximum Gasteiger partial charge on any atom is 0.294 e. The molecule has 8 nitrogen and oxygen atoms in total. The van der Waals surface area contributed by atoms with Crippen molar-refractivity contribution in [2.24, 2.45) is 0 Å². The minimum absolute atomic E-state index is 0.204. The molecule has 0 saturated carbocycles. The van der Waals surface area contributed by atoms with E-state index in [0.717, 1.165) is 22.2 Å². The highest BCUT2D eigenvalue weighted by Crippen LogP contribution is 2.38. The van der Waals surface area contributed by atoms with Gasteiger partial charge < -0.3 is 19.5 Å². The molecular formula is C27H19Br2ClN2O6S. The van der Waals surface area contributed by atoms with Crippen LogP contribution in [0.1, 0.15) is 11.1 Å². The van der Waals surface area contributed by atoms with Crippen LogP contribution in [0.25, 0.3) is 6.08 Å². The fraction of sp³-hybridized carbons (Fsp3) is 0.148. The van der Waals surface area contributed by atoms with Crippen LogP contribution < -0.4 is 19.5 Å². The molecule has 0 radical (unpaired) electrons. The molecule has 1 fully saturated rings. The van der Waals surface area contributed by atoms with Crippen LogP contribution in [0, 0.1) is 0 Å². The molecule has 12 heteroatoms. The Morgan fingerprint density at radius 2 is 1.77 bits per heavy atom. The fourth-order valence-corrected chi connectivity index (χ4v) is 6.30. The van der Waals surface area contributed by atoms with Gasteiger partial charge in [0.05, 0.1) is 13.9 Å². The molecule has 3 aromatic rings. The summed E-state index contributed by atoms with van der Waals surface area (Å²) in [4.78, 5) is 39.3. The second-order valence-electron chi connectivity index (χ2n) is 8.37. The third-order valence-electron chi connectivity index (χ3n) is 5.65. The molecule has 1 N–H and O–H groups in total. The molecule has 0 aliphatic carbocycles. The number of halogens is 3. The Morgan fingerprint density at radius 3 is 2.51 bits per heavy atom. The van der Waals surface area contributed by atoms with Crippen LogP contribution in [0.4, 0.5) is 10.5 Å². The second kappa shape index (κ2) is 12.0. The van der Waals surface area contributed by atoms with Gasteiger partial charge in [0.25, 0.3) is 11.1 Å². The molecule has 0 unspecified atom stereocenters. The lowest BCUT2D eigenvalue weighted by Crippen LogP contribution is -2.36. The molecule has 0 bridgehead atoms. The molecular weight excluding hydrogens is 676 g/mol. The number of imide groups is 1. The first-order valence-electron chi connectivity index (χ1n) is 11.6. The van der Waals surface area contributed by atoms with Gasteiger partial charge in [-0.15, -0.1) is 0 Å². The highest BCUT2D eigenvalue weighted by molar-refractivity contribution is 9.11. The number of amides is 3. The number of hydrogen-bond donors (Lipinski definition) is 1. The van der Waals surface area contributed by atoms with E-state index in [2.05, 4.69) is 37.2 Å². The number of ether oxygens (including phenoxy) is 3. The number of carbonyl (C=O) groups is 3. The van der Waals surface area contributed by atoms with Gasteiger partial charge in [0.15, 0.2) is 11.5 Å². The largest absolute Gasteiger partial charge is 0.486 e. The maximum atomic E-state index is 13.0. The summed E-state index contributed by atoms with van der Waals surface area (Å²) in [5.74, 6) is 0.616. The third kappa shape index (κ3) is 6.43. The van der Waals surface area contributed by atoms with Crippen molar-refractivity contribution in [2.45, 2.75) is 6.61 Å². The lowest BCUT2D eigenvalue weighted by Gasteiger charge is -2.19. The van der Waals surface area contributed by atoms with Gasteiger partial charge in [-0.3, -0.25) is 19.3 Å². The summed E-state index contributed by atoms with van der Waals surface area (Å²) >= 11 is 14.0. The minimum Gasteiger partial charge on any atom is -0.486 e. The number of fused-ring (bicyclic) bond motifs is 1. The van der Waals surface area contributed by atoms with Crippen LogP contribution in [0.2, 0.25) is 5.02 Å². The number of rotatable bonds is 7. The van der Waals surface area contributed by atoms with Crippen molar-refractivity contribution < 1.29 is 28.6 Å². The standard InChI is InChI=1S/C27H19Br2ClN2O6S/c28-18-9-15(10-19(29)25(18)38-14-16-3-1-2-4-20(16)30)11-23-26(34)32(27(35)39-23)13-24(33)31-17-5-6-21-22(12-17)37-8-7-36-21/h1-6,9-12H,7-8,13-14H2,(H,31,33)/b23-11+. The van der Waals surface area contributed by atoms with Crippen LogP contribution in [-0.2, 0) is 16.2 Å². The molecule has 5 rings (SSSR count). The van der Waals surface area contributed by atoms with Crippen molar-refractivity contribution in [3.63, 3.8) is 0 Å². The van der Waals surface area contributed by atoms with Crippen LogP contribution in [0.3, 0.4) is 0 Å². The van der Waals surface area contributed by atoms with E-state index in [-0.39, 0.29) is 11.5 Å². The van der Waals surface area contributed by atoms with Crippen molar-refractivity contribution in [3.8, 4) is 17.2 Å². The predicted octanol–water partition coefficient (Wildman–Crippen LogP) is 6.89. The molecule has 0 aromatic heterocycles. The van der Waals surface area contributed by atoms with Crippen LogP contribution in [-0.4, -0.2) is 41.7 Å². The molecule has 3 amide bonds. The van der Waals surface area contributed by atoms with Gasteiger partial charge in [-0.25, -0.2) is 0 Å². The van der Waals surface area contributed by atoms with Gasteiger partial charge >= 0.3 is 0 Å². The Hall–Kier alpha value is -2.99. The van der Waals surface area contributed by atoms with Crippen molar-refractivity contribution in [1.29, 1.82) is 0 Å². The molecule has 3 aromatic carbocycles. The smallest absolute Gasteiger partial charge is 0.294 e. The topological polar surface area (TPSA) is 94.2 Å². The predicted molar refractivity (Wildman–Crippen MR) is 156 cm³/mol. The first kappa shape index (κ1) is 27.6. The maximum absolute atomic E-state index is 13.0. The second-order valence-corrected chi connectivity index (χ2v) is 11.5. The van der Waals surface area contributed by atoms with Crippen LogP contribution in [0.15, 0.2) is 68.4 Å². The molecule has 2 heterocycles. The summed E-state index contributed by atoms with van der Waals surface area (Å²) in [7, 11) is 0. The van der Waals surface area contributed by atoms with Crippen molar-refractivity contribution in [2.75, 3.05) is 25.1 Å². The SMILES string of the molecule is O=C(CN1C(=O)S/C(=C/c2cc(Br)c(OCc3ccccc3Cl)c(Br)c2)C1=O)Nc1ccc2c(c1)OCCO2. The van der Waals surface area contributed by atoms with Gasteiger partial charge in [0.1, 0.15) is 32.1 Å². The van der Waals surface area contributed by atoms with Crippen LogP contribution in [0.5, 0.6) is 17.2 Å². The summed E-state index contributed by atoms with van der Waals surface area (Å²) < 4.78 is 18.2. The van der Waals surface area contributed by atoms with Crippen molar-refractivity contribution in [1.82, 2.24) is 4.90 Å². The Balaban J connectivity index is 1.24. The zero-order chi connectivity index (χ0) is 27.5. The lowest BCUT2D eigenvalue weighted by molar-refractivity contribution is -0.127. The zero-order valence-electron chi connectivity index (χ0n) is 20.0. The number of hydrogen-bond acceptors (Lipinski definition) is 7. The monoisotopic (exact) mass is 692 g/mol. The van der Waals surface area contributed by atoms with Gasteiger partial charge in [-0.1, -0.05) is 29.8 Å². The molecule has 200 valence electrons. The normalized spacial score (nSPS) is 15.6. The first-order valence-corrected chi connectivity index (χ1v) is 14.4. The summed E-state index contributed by atoms with van der Waals surface area (Å²) in [5.41, 5.74) is 1.97. The van der Waals surface area contributed by atoms with E-state index in [1.165, 1.54) is 0 Å². The Kier molecular flexibility index (Phi) is 8.51. The van der Waals surface area contributed by atoms with E-state index in [4.69, 9.17) is 25.8 Å². The summed E-state index contributed by atoms with van der Waals surface area (Å²) in [5, 5.41) is 2.77.